The maximum absolute atomic E-state index is 13.2. The largest absolute Gasteiger partial charge is 0.486 e. The van der Waals surface area contributed by atoms with Crippen molar-refractivity contribution >= 4 is 35.1 Å². The Hall–Kier alpha value is -2.78. The zero-order valence-electron chi connectivity index (χ0n) is 18.3. The molecule has 0 fully saturated rings. The van der Waals surface area contributed by atoms with Gasteiger partial charge in [0.1, 0.15) is 18.2 Å². The van der Waals surface area contributed by atoms with E-state index >= 15 is 0 Å². The number of para-hydroxylation sites is 1. The van der Waals surface area contributed by atoms with Crippen LogP contribution >= 0.6 is 23.5 Å². The van der Waals surface area contributed by atoms with Crippen LogP contribution in [0.5, 0.6) is 5.75 Å². The van der Waals surface area contributed by atoms with Gasteiger partial charge in [-0.25, -0.2) is 4.39 Å². The van der Waals surface area contributed by atoms with Crippen molar-refractivity contribution in [3.8, 4) is 5.75 Å². The van der Waals surface area contributed by atoms with Crippen molar-refractivity contribution in [3.05, 3.63) is 72.8 Å². The first-order valence-electron chi connectivity index (χ1n) is 10.7. The number of hydrogen-bond acceptors (Lipinski definition) is 6. The maximum Gasteiger partial charge on any atom is 0.237 e. The summed E-state index contributed by atoms with van der Waals surface area (Å²) in [7, 11) is 0. The lowest BCUT2D eigenvalue weighted by molar-refractivity contribution is -0.116. The fourth-order valence-corrected chi connectivity index (χ4v) is 5.43. The Morgan fingerprint density at radius 1 is 1.27 bits per heavy atom. The van der Waals surface area contributed by atoms with Crippen molar-refractivity contribution in [1.29, 1.82) is 0 Å². The summed E-state index contributed by atoms with van der Waals surface area (Å²) < 4.78 is 20.7. The van der Waals surface area contributed by atoms with Gasteiger partial charge in [0.25, 0.3) is 0 Å². The second-order valence-electron chi connectivity index (χ2n) is 7.56. The van der Waals surface area contributed by atoms with Gasteiger partial charge in [0, 0.05) is 23.2 Å². The zero-order valence-corrected chi connectivity index (χ0v) is 19.9. The number of rotatable bonds is 8. The minimum atomic E-state index is -0.319. The van der Waals surface area contributed by atoms with Gasteiger partial charge < -0.3 is 9.64 Å². The molecule has 1 aliphatic heterocycles. The smallest absolute Gasteiger partial charge is 0.237 e. The Morgan fingerprint density at radius 2 is 2.06 bits per heavy atom. The van der Waals surface area contributed by atoms with E-state index in [0.717, 1.165) is 17.0 Å². The molecule has 0 unspecified atom stereocenters. The average Bonchev–Trinajstić information content (AvgIpc) is 3.10. The molecule has 3 aromatic rings. The number of carbonyl (C=O) groups is 1. The summed E-state index contributed by atoms with van der Waals surface area (Å²) in [6, 6.07) is 13.9. The van der Waals surface area contributed by atoms with Crippen molar-refractivity contribution in [2.75, 3.05) is 17.2 Å². The SMILES string of the molecule is C=CCn1c(COc2ccc(F)cc2)nnc1SCC(=O)N1CC[C@@H](C)Sc2ccccc21. The summed E-state index contributed by atoms with van der Waals surface area (Å²) in [5.74, 6) is 1.13. The van der Waals surface area contributed by atoms with Crippen molar-refractivity contribution < 1.29 is 13.9 Å². The number of allylic oxidation sites excluding steroid dienone is 1. The number of carbonyl (C=O) groups excluding carboxylic acids is 1. The summed E-state index contributed by atoms with van der Waals surface area (Å²) in [5.41, 5.74) is 0.971. The second-order valence-corrected chi connectivity index (χ2v) is 9.98. The number of aromatic nitrogens is 3. The topological polar surface area (TPSA) is 60.2 Å². The lowest BCUT2D eigenvalue weighted by Crippen LogP contribution is -2.33. The molecule has 1 aliphatic rings. The van der Waals surface area contributed by atoms with Crippen molar-refractivity contribution in [3.63, 3.8) is 0 Å². The van der Waals surface area contributed by atoms with Crippen LogP contribution < -0.4 is 9.64 Å². The fourth-order valence-electron chi connectivity index (χ4n) is 3.47. The van der Waals surface area contributed by atoms with Gasteiger partial charge in [-0.15, -0.1) is 28.5 Å². The van der Waals surface area contributed by atoms with Crippen LogP contribution in [0.3, 0.4) is 0 Å². The normalized spacial score (nSPS) is 15.6. The van der Waals surface area contributed by atoms with E-state index < -0.39 is 0 Å². The van der Waals surface area contributed by atoms with Crippen LogP contribution in [0.1, 0.15) is 19.2 Å². The first-order valence-corrected chi connectivity index (χ1v) is 12.5. The number of halogens is 1. The van der Waals surface area contributed by atoms with Crippen LogP contribution in [0.15, 0.2) is 71.2 Å². The molecule has 4 rings (SSSR count). The lowest BCUT2D eigenvalue weighted by Gasteiger charge is -2.22. The number of thioether (sulfide) groups is 2. The van der Waals surface area contributed by atoms with Gasteiger partial charge in [0.15, 0.2) is 11.0 Å². The van der Waals surface area contributed by atoms with Gasteiger partial charge in [0.05, 0.1) is 11.4 Å². The second kappa shape index (κ2) is 10.9. The van der Waals surface area contributed by atoms with E-state index in [1.165, 1.54) is 23.9 Å². The molecule has 0 bridgehead atoms. The van der Waals surface area contributed by atoms with Gasteiger partial charge in [-0.2, -0.15) is 0 Å². The molecule has 1 atom stereocenters. The first kappa shape index (κ1) is 23.4. The van der Waals surface area contributed by atoms with Gasteiger partial charge in [0.2, 0.25) is 5.91 Å². The molecule has 2 heterocycles. The van der Waals surface area contributed by atoms with Gasteiger partial charge >= 0.3 is 0 Å². The Labute approximate surface area is 201 Å². The highest BCUT2D eigenvalue weighted by Gasteiger charge is 2.25. The minimum absolute atomic E-state index is 0.0411. The number of amides is 1. The molecule has 0 saturated heterocycles. The van der Waals surface area contributed by atoms with Gasteiger partial charge in [-0.1, -0.05) is 36.9 Å². The minimum Gasteiger partial charge on any atom is -0.486 e. The summed E-state index contributed by atoms with van der Waals surface area (Å²) in [5, 5.41) is 9.59. The summed E-state index contributed by atoms with van der Waals surface area (Å²) in [4.78, 5) is 16.2. The van der Waals surface area contributed by atoms with Crippen molar-refractivity contribution in [1.82, 2.24) is 14.8 Å². The summed E-state index contributed by atoms with van der Waals surface area (Å²) in [6.45, 7) is 7.37. The molecular formula is C24H25FN4O2S2. The quantitative estimate of drug-likeness (QED) is 0.324. The number of anilines is 1. The molecule has 2 aromatic carbocycles. The van der Waals surface area contributed by atoms with Gasteiger partial charge in [-0.05, 0) is 42.8 Å². The number of ether oxygens (including phenoxy) is 1. The zero-order chi connectivity index (χ0) is 23.2. The number of nitrogens with zero attached hydrogens (tertiary/aromatic N) is 4. The van der Waals surface area contributed by atoms with Gasteiger partial charge in [-0.3, -0.25) is 9.36 Å². The standard InChI is InChI=1S/C24H25FN4O2S2/c1-3-13-29-22(15-31-19-10-8-18(25)9-11-19)26-27-24(29)32-16-23(30)28-14-12-17(2)33-21-7-5-4-6-20(21)28/h3-11,17H,1,12-16H2,2H3/t17-/m1/s1. The van der Waals surface area contributed by atoms with E-state index in [2.05, 4.69) is 29.8 Å². The van der Waals surface area contributed by atoms with Crippen LogP contribution in [-0.4, -0.2) is 38.2 Å². The summed E-state index contributed by atoms with van der Waals surface area (Å²) in [6.07, 6.45) is 2.69. The predicted octanol–water partition coefficient (Wildman–Crippen LogP) is 5.19. The average molecular weight is 485 g/mol. The van der Waals surface area contributed by atoms with Crippen molar-refractivity contribution in [2.45, 2.75) is 41.8 Å². The third-order valence-corrected chi connectivity index (χ3v) is 7.34. The highest BCUT2D eigenvalue weighted by Crippen LogP contribution is 2.37. The molecule has 9 heteroatoms. The Balaban J connectivity index is 1.44. The third kappa shape index (κ3) is 5.78. The van der Waals surface area contributed by atoms with E-state index in [9.17, 15) is 9.18 Å². The molecule has 0 aliphatic carbocycles. The maximum atomic E-state index is 13.2. The Kier molecular flexibility index (Phi) is 7.72. The van der Waals surface area contributed by atoms with E-state index in [0.29, 0.717) is 35.1 Å². The number of benzene rings is 2. The molecule has 0 saturated carbocycles. The van der Waals surface area contributed by atoms with Crippen LogP contribution in [-0.2, 0) is 17.9 Å². The molecule has 6 nitrogen and oxygen atoms in total. The summed E-state index contributed by atoms with van der Waals surface area (Å²) >= 11 is 3.17. The monoisotopic (exact) mass is 484 g/mol. The van der Waals surface area contributed by atoms with Crippen LogP contribution in [0.4, 0.5) is 10.1 Å². The molecule has 0 N–H and O–H groups in total. The number of fused-ring (bicyclic) bond motifs is 1. The van der Waals surface area contributed by atoms with E-state index in [4.69, 9.17) is 4.74 Å². The van der Waals surface area contributed by atoms with E-state index in [1.54, 1.807) is 18.2 Å². The third-order valence-electron chi connectivity index (χ3n) is 5.16. The Morgan fingerprint density at radius 3 is 2.85 bits per heavy atom. The van der Waals surface area contributed by atoms with Crippen LogP contribution in [0, 0.1) is 5.82 Å². The van der Waals surface area contributed by atoms with E-state index in [-0.39, 0.29) is 24.1 Å². The molecular weight excluding hydrogens is 459 g/mol. The highest BCUT2D eigenvalue weighted by molar-refractivity contribution is 8.00. The van der Waals surface area contributed by atoms with Crippen LogP contribution in [0.25, 0.3) is 0 Å². The van der Waals surface area contributed by atoms with E-state index in [1.807, 2.05) is 39.4 Å². The fraction of sp³-hybridized carbons (Fsp3) is 0.292. The first-order chi connectivity index (χ1) is 16.0. The number of hydrogen-bond donors (Lipinski definition) is 0. The molecule has 0 radical (unpaired) electrons. The lowest BCUT2D eigenvalue weighted by atomic mass is 10.2. The predicted molar refractivity (Wildman–Crippen MR) is 130 cm³/mol. The molecule has 33 heavy (non-hydrogen) atoms. The highest BCUT2D eigenvalue weighted by atomic mass is 32.2. The molecule has 0 spiro atoms. The van der Waals surface area contributed by atoms with Crippen LogP contribution in [0.2, 0.25) is 0 Å². The molecule has 172 valence electrons. The molecule has 1 amide bonds. The Bertz CT molecular complexity index is 1120. The molecule has 1 aromatic heterocycles. The van der Waals surface area contributed by atoms with Crippen molar-refractivity contribution in [2.24, 2.45) is 0 Å².